The van der Waals surface area contributed by atoms with E-state index < -0.39 is 0 Å². The van der Waals surface area contributed by atoms with Crippen LogP contribution in [0.2, 0.25) is 5.02 Å². The molecule has 18 heavy (non-hydrogen) atoms. The lowest BCUT2D eigenvalue weighted by atomic mass is 10.1. The van der Waals surface area contributed by atoms with Crippen LogP contribution in [0, 0.1) is 0 Å². The first-order valence-electron chi connectivity index (χ1n) is 5.70. The minimum absolute atomic E-state index is 0.739. The third-order valence-corrected chi connectivity index (χ3v) is 3.33. The summed E-state index contributed by atoms with van der Waals surface area (Å²) in [5.41, 5.74) is 2.99. The molecule has 0 aliphatic rings. The number of fused-ring (bicyclic) bond motifs is 1. The number of halogens is 1. The molecule has 1 heterocycles. The van der Waals surface area contributed by atoms with Gasteiger partial charge in [-0.05, 0) is 18.2 Å². The van der Waals surface area contributed by atoms with Gasteiger partial charge in [-0.3, -0.25) is 0 Å². The van der Waals surface area contributed by atoms with Crippen molar-refractivity contribution in [2.24, 2.45) is 0 Å². The Labute approximate surface area is 110 Å². The van der Waals surface area contributed by atoms with Crippen molar-refractivity contribution in [1.29, 1.82) is 0 Å². The van der Waals surface area contributed by atoms with Gasteiger partial charge in [-0.25, -0.2) is 0 Å². The Bertz CT molecular complexity index is 703. The van der Waals surface area contributed by atoms with Gasteiger partial charge in [-0.1, -0.05) is 41.9 Å². The van der Waals surface area contributed by atoms with E-state index in [1.54, 1.807) is 7.11 Å². The van der Waals surface area contributed by atoms with Crippen LogP contribution in [0.25, 0.3) is 22.2 Å². The van der Waals surface area contributed by atoms with Gasteiger partial charge in [0.2, 0.25) is 0 Å². The summed E-state index contributed by atoms with van der Waals surface area (Å²) < 4.78 is 5.34. The third-order valence-electron chi connectivity index (χ3n) is 3.00. The largest absolute Gasteiger partial charge is 0.495 e. The number of nitrogens with one attached hydrogen (secondary N) is 1. The van der Waals surface area contributed by atoms with Gasteiger partial charge in [0.15, 0.2) is 0 Å². The van der Waals surface area contributed by atoms with Crippen LogP contribution >= 0.6 is 11.6 Å². The number of methoxy groups -OCH3 is 1. The van der Waals surface area contributed by atoms with E-state index in [4.69, 9.17) is 16.3 Å². The molecule has 3 rings (SSSR count). The number of ether oxygens (including phenoxy) is 1. The molecular weight excluding hydrogens is 246 g/mol. The second-order valence-corrected chi connectivity index (χ2v) is 4.49. The monoisotopic (exact) mass is 257 g/mol. The van der Waals surface area contributed by atoms with E-state index in [1.165, 1.54) is 0 Å². The zero-order chi connectivity index (χ0) is 12.5. The third kappa shape index (κ3) is 1.75. The van der Waals surface area contributed by atoms with E-state index in [0.717, 1.165) is 32.9 Å². The molecule has 2 nitrogen and oxygen atoms in total. The number of rotatable bonds is 2. The highest BCUT2D eigenvalue weighted by molar-refractivity contribution is 6.33. The van der Waals surface area contributed by atoms with E-state index in [0.29, 0.717) is 0 Å². The highest BCUT2D eigenvalue weighted by atomic mass is 35.5. The number of aromatic nitrogens is 1. The van der Waals surface area contributed by atoms with Crippen molar-refractivity contribution in [2.75, 3.05) is 7.11 Å². The van der Waals surface area contributed by atoms with Crippen LogP contribution in [0.15, 0.2) is 48.5 Å². The Balaban J connectivity index is 2.23. The summed E-state index contributed by atoms with van der Waals surface area (Å²) in [4.78, 5) is 3.36. The Morgan fingerprint density at radius 3 is 2.67 bits per heavy atom. The lowest BCUT2D eigenvalue weighted by Crippen LogP contribution is -1.83. The first-order valence-corrected chi connectivity index (χ1v) is 6.08. The topological polar surface area (TPSA) is 25.0 Å². The molecule has 1 aromatic heterocycles. The van der Waals surface area contributed by atoms with Crippen LogP contribution in [0.1, 0.15) is 0 Å². The predicted molar refractivity (Wildman–Crippen MR) is 75.3 cm³/mol. The summed E-state index contributed by atoms with van der Waals surface area (Å²) in [6, 6.07) is 15.8. The molecule has 1 N–H and O–H groups in total. The number of benzene rings is 2. The van der Waals surface area contributed by atoms with Crippen LogP contribution in [0.4, 0.5) is 0 Å². The van der Waals surface area contributed by atoms with Crippen LogP contribution in [0.5, 0.6) is 5.75 Å². The number of hydrogen-bond donors (Lipinski definition) is 1. The summed E-state index contributed by atoms with van der Waals surface area (Å²) in [7, 11) is 1.67. The van der Waals surface area contributed by atoms with Crippen LogP contribution in [-0.4, -0.2) is 12.1 Å². The fourth-order valence-electron chi connectivity index (χ4n) is 2.12. The van der Waals surface area contributed by atoms with E-state index in [1.807, 2.05) is 36.4 Å². The molecular formula is C15H12ClNO. The summed E-state index contributed by atoms with van der Waals surface area (Å²) >= 11 is 6.21. The number of aromatic amines is 1. The van der Waals surface area contributed by atoms with Crippen molar-refractivity contribution in [3.05, 3.63) is 53.6 Å². The zero-order valence-corrected chi connectivity index (χ0v) is 10.7. The second kappa shape index (κ2) is 4.39. The van der Waals surface area contributed by atoms with Crippen molar-refractivity contribution in [1.82, 2.24) is 4.98 Å². The first kappa shape index (κ1) is 11.2. The van der Waals surface area contributed by atoms with Crippen molar-refractivity contribution >= 4 is 22.5 Å². The lowest BCUT2D eigenvalue weighted by Gasteiger charge is -2.01. The number of hydrogen-bond acceptors (Lipinski definition) is 1. The molecule has 90 valence electrons. The summed E-state index contributed by atoms with van der Waals surface area (Å²) in [6.45, 7) is 0. The van der Waals surface area contributed by atoms with E-state index >= 15 is 0 Å². The number of H-pyrrole nitrogens is 1. The highest BCUT2D eigenvalue weighted by Crippen LogP contribution is 2.32. The molecule has 3 aromatic rings. The van der Waals surface area contributed by atoms with Gasteiger partial charge in [0.05, 0.1) is 12.6 Å². The van der Waals surface area contributed by atoms with E-state index in [2.05, 4.69) is 17.1 Å². The number of para-hydroxylation sites is 1. The molecule has 0 radical (unpaired) electrons. The Kier molecular flexibility index (Phi) is 2.73. The zero-order valence-electron chi connectivity index (χ0n) is 9.91. The molecule has 0 amide bonds. The SMILES string of the molecule is COc1cccc2cc(-c3ccccc3Cl)[nH]c12. The van der Waals surface area contributed by atoms with Gasteiger partial charge < -0.3 is 9.72 Å². The molecule has 0 saturated heterocycles. The van der Waals surface area contributed by atoms with Crippen molar-refractivity contribution < 1.29 is 4.74 Å². The fourth-order valence-corrected chi connectivity index (χ4v) is 2.36. The van der Waals surface area contributed by atoms with Gasteiger partial charge >= 0.3 is 0 Å². The maximum atomic E-state index is 6.21. The molecule has 0 unspecified atom stereocenters. The molecule has 0 saturated carbocycles. The second-order valence-electron chi connectivity index (χ2n) is 4.09. The normalized spacial score (nSPS) is 10.8. The maximum absolute atomic E-state index is 6.21. The molecule has 0 fully saturated rings. The Morgan fingerprint density at radius 1 is 1.06 bits per heavy atom. The Morgan fingerprint density at radius 2 is 1.89 bits per heavy atom. The average molecular weight is 258 g/mol. The predicted octanol–water partition coefficient (Wildman–Crippen LogP) is 4.50. The Hall–Kier alpha value is -1.93. The fraction of sp³-hybridized carbons (Fsp3) is 0.0667. The lowest BCUT2D eigenvalue weighted by molar-refractivity contribution is 0.419. The minimum atomic E-state index is 0.739. The molecule has 0 spiro atoms. The molecule has 0 aliphatic carbocycles. The summed E-state index contributed by atoms with van der Waals surface area (Å²) in [5, 5.41) is 1.85. The molecule has 0 bridgehead atoms. The van der Waals surface area contributed by atoms with Crippen molar-refractivity contribution in [3.8, 4) is 17.0 Å². The van der Waals surface area contributed by atoms with Crippen LogP contribution in [-0.2, 0) is 0 Å². The van der Waals surface area contributed by atoms with Gasteiger partial charge in [-0.2, -0.15) is 0 Å². The van der Waals surface area contributed by atoms with Crippen LogP contribution in [0.3, 0.4) is 0 Å². The standard InChI is InChI=1S/C15H12ClNO/c1-18-14-8-4-5-10-9-13(17-15(10)14)11-6-2-3-7-12(11)16/h2-9,17H,1H3. The average Bonchev–Trinajstić information content (AvgIpc) is 2.82. The van der Waals surface area contributed by atoms with Gasteiger partial charge in [-0.15, -0.1) is 0 Å². The molecule has 0 aliphatic heterocycles. The van der Waals surface area contributed by atoms with Crippen molar-refractivity contribution in [3.63, 3.8) is 0 Å². The smallest absolute Gasteiger partial charge is 0.142 e. The summed E-state index contributed by atoms with van der Waals surface area (Å²) in [5.74, 6) is 0.839. The maximum Gasteiger partial charge on any atom is 0.142 e. The molecule has 3 heteroatoms. The quantitative estimate of drug-likeness (QED) is 0.719. The minimum Gasteiger partial charge on any atom is -0.495 e. The van der Waals surface area contributed by atoms with Gasteiger partial charge in [0.1, 0.15) is 5.75 Å². The first-order chi connectivity index (χ1) is 8.79. The van der Waals surface area contributed by atoms with E-state index in [-0.39, 0.29) is 0 Å². The van der Waals surface area contributed by atoms with Gasteiger partial charge in [0.25, 0.3) is 0 Å². The van der Waals surface area contributed by atoms with Crippen molar-refractivity contribution in [2.45, 2.75) is 0 Å². The van der Waals surface area contributed by atoms with E-state index in [9.17, 15) is 0 Å². The highest BCUT2D eigenvalue weighted by Gasteiger charge is 2.09. The van der Waals surface area contributed by atoms with Crippen LogP contribution < -0.4 is 4.74 Å². The summed E-state index contributed by atoms with van der Waals surface area (Å²) in [6.07, 6.45) is 0. The molecule has 0 atom stereocenters. The van der Waals surface area contributed by atoms with Gasteiger partial charge in [0, 0.05) is 21.7 Å². The molecule has 2 aromatic carbocycles.